The molecule has 1 aromatic carbocycles. The Labute approximate surface area is 153 Å². The lowest BCUT2D eigenvalue weighted by molar-refractivity contribution is -0.0683. The molecule has 3 atom stereocenters. The van der Waals surface area contributed by atoms with Crippen LogP contribution in [0.25, 0.3) is 5.69 Å². The molecule has 2 fully saturated rings. The first kappa shape index (κ1) is 17.2. The van der Waals surface area contributed by atoms with Gasteiger partial charge in [0.05, 0.1) is 24.0 Å². The van der Waals surface area contributed by atoms with Crippen LogP contribution in [-0.4, -0.2) is 63.5 Å². The number of hydrogen-bond donors (Lipinski definition) is 1. The molecule has 1 amide bonds. The van der Waals surface area contributed by atoms with Crippen LogP contribution in [0.4, 0.5) is 0 Å². The first-order valence-corrected chi connectivity index (χ1v) is 9.22. The van der Waals surface area contributed by atoms with E-state index in [-0.39, 0.29) is 18.1 Å². The second-order valence-corrected chi connectivity index (χ2v) is 7.49. The molecule has 2 aliphatic heterocycles. The normalized spacial score (nSPS) is 26.0. The zero-order chi connectivity index (χ0) is 18.1. The number of nitrogens with zero attached hydrogens (tertiary/aromatic N) is 4. The van der Waals surface area contributed by atoms with Gasteiger partial charge in [-0.05, 0) is 24.5 Å². The zero-order valence-electron chi connectivity index (χ0n) is 15.2. The molecule has 2 aromatic rings. The van der Waals surface area contributed by atoms with Crippen molar-refractivity contribution >= 4 is 5.91 Å². The summed E-state index contributed by atoms with van der Waals surface area (Å²) in [6.45, 7) is 6.98. The van der Waals surface area contributed by atoms with Gasteiger partial charge in [0.15, 0.2) is 0 Å². The van der Waals surface area contributed by atoms with Crippen molar-refractivity contribution < 1.29 is 9.53 Å². The third-order valence-electron chi connectivity index (χ3n) is 5.34. The highest BCUT2D eigenvalue weighted by Crippen LogP contribution is 2.26. The van der Waals surface area contributed by atoms with E-state index in [1.54, 1.807) is 11.0 Å². The lowest BCUT2D eigenvalue weighted by Gasteiger charge is -2.36. The van der Waals surface area contributed by atoms with Gasteiger partial charge in [-0.1, -0.05) is 26.0 Å². The van der Waals surface area contributed by atoms with Crippen molar-refractivity contribution in [3.63, 3.8) is 0 Å². The summed E-state index contributed by atoms with van der Waals surface area (Å²) in [5, 5.41) is 7.35. The van der Waals surface area contributed by atoms with Crippen LogP contribution in [0.3, 0.4) is 0 Å². The maximum absolute atomic E-state index is 12.9. The van der Waals surface area contributed by atoms with Crippen LogP contribution in [-0.2, 0) is 4.74 Å². The molecule has 0 bridgehead atoms. The molecular weight excluding hydrogens is 330 g/mol. The van der Waals surface area contributed by atoms with E-state index in [9.17, 15) is 4.79 Å². The van der Waals surface area contributed by atoms with E-state index in [1.807, 2.05) is 24.3 Å². The summed E-state index contributed by atoms with van der Waals surface area (Å²) in [5.41, 5.74) is 1.35. The third kappa shape index (κ3) is 3.37. The Hall–Kier alpha value is -2.25. The van der Waals surface area contributed by atoms with Gasteiger partial charge in [-0.2, -0.15) is 5.10 Å². The SMILES string of the molecule is CC(C)[C@H]1CN2C[C@@H](NC(=O)c3ccccc3-n3cncn3)C[C@H]2CO1. The number of benzene rings is 1. The summed E-state index contributed by atoms with van der Waals surface area (Å²) < 4.78 is 7.61. The number of hydrogen-bond acceptors (Lipinski definition) is 5. The molecule has 0 saturated carbocycles. The van der Waals surface area contributed by atoms with E-state index in [1.165, 1.54) is 6.33 Å². The smallest absolute Gasteiger partial charge is 0.253 e. The molecule has 1 aromatic heterocycles. The van der Waals surface area contributed by atoms with Gasteiger partial charge in [0.1, 0.15) is 12.7 Å². The van der Waals surface area contributed by atoms with Crippen molar-refractivity contribution in [2.75, 3.05) is 19.7 Å². The fraction of sp³-hybridized carbons (Fsp3) is 0.526. The van der Waals surface area contributed by atoms with Crippen molar-refractivity contribution in [3.8, 4) is 5.69 Å². The van der Waals surface area contributed by atoms with Gasteiger partial charge in [0, 0.05) is 25.2 Å². The second kappa shape index (κ2) is 7.17. The van der Waals surface area contributed by atoms with E-state index >= 15 is 0 Å². The summed E-state index contributed by atoms with van der Waals surface area (Å²) in [5.74, 6) is 0.446. The molecule has 3 heterocycles. The average molecular weight is 355 g/mol. The summed E-state index contributed by atoms with van der Waals surface area (Å²) in [4.78, 5) is 19.3. The highest BCUT2D eigenvalue weighted by molar-refractivity contribution is 5.97. The molecule has 2 saturated heterocycles. The van der Waals surface area contributed by atoms with E-state index in [0.29, 0.717) is 17.5 Å². The van der Waals surface area contributed by atoms with Gasteiger partial charge < -0.3 is 10.1 Å². The number of carbonyl (C=O) groups is 1. The largest absolute Gasteiger partial charge is 0.375 e. The fourth-order valence-electron chi connectivity index (χ4n) is 3.87. The Morgan fingerprint density at radius 3 is 2.92 bits per heavy atom. The van der Waals surface area contributed by atoms with Crippen molar-refractivity contribution in [2.24, 2.45) is 5.92 Å². The van der Waals surface area contributed by atoms with Crippen LogP contribution in [0.15, 0.2) is 36.9 Å². The number of amides is 1. The standard InChI is InChI=1S/C19H25N5O2/c1-13(2)18-9-23-8-14(7-15(23)10-26-18)22-19(25)16-5-3-4-6-17(16)24-12-20-11-21-24/h3-6,11-15,18H,7-10H2,1-2H3,(H,22,25)/t14-,15-,18+/m0/s1. The lowest BCUT2D eigenvalue weighted by Crippen LogP contribution is -2.48. The van der Waals surface area contributed by atoms with Crippen molar-refractivity contribution in [1.29, 1.82) is 0 Å². The Bertz CT molecular complexity index is 761. The van der Waals surface area contributed by atoms with Crippen LogP contribution in [0.5, 0.6) is 0 Å². The van der Waals surface area contributed by atoms with Crippen molar-refractivity contribution in [1.82, 2.24) is 25.0 Å². The van der Waals surface area contributed by atoms with Crippen LogP contribution >= 0.6 is 0 Å². The number of morpholine rings is 1. The monoisotopic (exact) mass is 355 g/mol. The van der Waals surface area contributed by atoms with E-state index in [4.69, 9.17) is 4.74 Å². The van der Waals surface area contributed by atoms with E-state index in [2.05, 4.69) is 34.1 Å². The molecule has 7 heteroatoms. The van der Waals surface area contributed by atoms with Crippen LogP contribution in [0, 0.1) is 5.92 Å². The van der Waals surface area contributed by atoms with Crippen molar-refractivity contribution in [2.45, 2.75) is 38.5 Å². The number of ether oxygens (including phenoxy) is 1. The van der Waals surface area contributed by atoms with Gasteiger partial charge in [0.25, 0.3) is 5.91 Å². The summed E-state index contributed by atoms with van der Waals surface area (Å²) in [7, 11) is 0. The number of rotatable bonds is 4. The lowest BCUT2D eigenvalue weighted by atomic mass is 10.0. The molecule has 0 spiro atoms. The van der Waals surface area contributed by atoms with Crippen LogP contribution in [0.2, 0.25) is 0 Å². The molecule has 0 aliphatic carbocycles. The minimum atomic E-state index is -0.0673. The highest BCUT2D eigenvalue weighted by atomic mass is 16.5. The number of para-hydroxylation sites is 1. The number of aromatic nitrogens is 3. The van der Waals surface area contributed by atoms with Crippen molar-refractivity contribution in [3.05, 3.63) is 42.5 Å². The molecule has 4 rings (SSSR count). The van der Waals surface area contributed by atoms with Gasteiger partial charge in [-0.3, -0.25) is 9.69 Å². The Kier molecular flexibility index (Phi) is 4.74. The van der Waals surface area contributed by atoms with Crippen LogP contribution < -0.4 is 5.32 Å². The second-order valence-electron chi connectivity index (χ2n) is 7.49. The van der Waals surface area contributed by atoms with Crippen LogP contribution in [0.1, 0.15) is 30.6 Å². The molecule has 2 aliphatic rings. The van der Waals surface area contributed by atoms with E-state index in [0.717, 1.165) is 31.8 Å². The quantitative estimate of drug-likeness (QED) is 0.900. The predicted molar refractivity (Wildman–Crippen MR) is 97.2 cm³/mol. The molecule has 0 unspecified atom stereocenters. The van der Waals surface area contributed by atoms with Gasteiger partial charge in [-0.25, -0.2) is 9.67 Å². The first-order valence-electron chi connectivity index (χ1n) is 9.22. The maximum Gasteiger partial charge on any atom is 0.253 e. The number of carbonyl (C=O) groups excluding carboxylic acids is 1. The third-order valence-corrected chi connectivity index (χ3v) is 5.34. The van der Waals surface area contributed by atoms with Gasteiger partial charge >= 0.3 is 0 Å². The molecule has 1 N–H and O–H groups in total. The Balaban J connectivity index is 1.44. The predicted octanol–water partition coefficient (Wildman–Crippen LogP) is 1.49. The maximum atomic E-state index is 12.9. The molecule has 26 heavy (non-hydrogen) atoms. The number of fused-ring (bicyclic) bond motifs is 1. The molecule has 138 valence electrons. The first-order chi connectivity index (χ1) is 12.6. The average Bonchev–Trinajstić information content (AvgIpc) is 3.30. The minimum absolute atomic E-state index is 0.0673. The minimum Gasteiger partial charge on any atom is -0.375 e. The van der Waals surface area contributed by atoms with Gasteiger partial charge in [0.2, 0.25) is 0 Å². The Morgan fingerprint density at radius 2 is 2.15 bits per heavy atom. The Morgan fingerprint density at radius 1 is 1.31 bits per heavy atom. The zero-order valence-corrected chi connectivity index (χ0v) is 15.2. The fourth-order valence-corrected chi connectivity index (χ4v) is 3.87. The summed E-state index contributed by atoms with van der Waals surface area (Å²) in [6.07, 6.45) is 4.29. The molecular formula is C19H25N5O2. The van der Waals surface area contributed by atoms with Gasteiger partial charge in [-0.15, -0.1) is 0 Å². The summed E-state index contributed by atoms with van der Waals surface area (Å²) in [6, 6.07) is 8.02. The molecule has 7 nitrogen and oxygen atoms in total. The number of nitrogens with one attached hydrogen (secondary N) is 1. The van der Waals surface area contributed by atoms with E-state index < -0.39 is 0 Å². The molecule has 0 radical (unpaired) electrons. The summed E-state index contributed by atoms with van der Waals surface area (Å²) >= 11 is 0. The highest BCUT2D eigenvalue weighted by Gasteiger charge is 2.38. The topological polar surface area (TPSA) is 72.3 Å².